The van der Waals surface area contributed by atoms with Crippen LogP contribution in [0.15, 0.2) is 28.9 Å². The van der Waals surface area contributed by atoms with Gasteiger partial charge in [-0.25, -0.2) is 0 Å². The maximum atomic E-state index is 8.65. The van der Waals surface area contributed by atoms with E-state index in [2.05, 4.69) is 44.6 Å². The van der Waals surface area contributed by atoms with E-state index in [-0.39, 0.29) is 6.61 Å². The molecule has 0 spiro atoms. The first-order valence-electron chi connectivity index (χ1n) is 5.88. The van der Waals surface area contributed by atoms with Crippen LogP contribution >= 0.6 is 15.9 Å². The van der Waals surface area contributed by atoms with Crippen molar-refractivity contribution in [3.05, 3.63) is 34.4 Å². The average molecular weight is 297 g/mol. The van der Waals surface area contributed by atoms with Gasteiger partial charge in [-0.05, 0) is 43.1 Å². The highest BCUT2D eigenvalue weighted by molar-refractivity contribution is 9.10. The third-order valence-corrected chi connectivity index (χ3v) is 3.31. The Bertz CT molecular complexity index is 481. The van der Waals surface area contributed by atoms with E-state index in [1.54, 1.807) is 0 Å². The number of nitrogens with one attached hydrogen (secondary N) is 2. The van der Waals surface area contributed by atoms with Crippen LogP contribution in [0.1, 0.15) is 12.0 Å². The van der Waals surface area contributed by atoms with Gasteiger partial charge in [-0.2, -0.15) is 0 Å². The Morgan fingerprint density at radius 1 is 1.29 bits per heavy atom. The standard InChI is InChI=1S/C13H17BrN2O/c14-11-3-4-13-12(8-11)10(9-16-13)2-1-5-15-6-7-17/h3-4,8-9,15-17H,1-2,5-7H2. The molecule has 17 heavy (non-hydrogen) atoms. The van der Waals surface area contributed by atoms with Crippen molar-refractivity contribution >= 4 is 26.8 Å². The number of fused-ring (bicyclic) bond motifs is 1. The molecule has 1 heterocycles. The molecular formula is C13H17BrN2O. The third-order valence-electron chi connectivity index (χ3n) is 2.82. The molecule has 0 saturated heterocycles. The molecule has 4 heteroatoms. The van der Waals surface area contributed by atoms with Gasteiger partial charge in [0.25, 0.3) is 0 Å². The molecule has 1 aromatic heterocycles. The molecule has 3 N–H and O–H groups in total. The van der Waals surface area contributed by atoms with Gasteiger partial charge in [0, 0.05) is 28.1 Å². The smallest absolute Gasteiger partial charge is 0.0555 e. The quantitative estimate of drug-likeness (QED) is 0.717. The van der Waals surface area contributed by atoms with Gasteiger partial charge in [-0.3, -0.25) is 0 Å². The Morgan fingerprint density at radius 2 is 2.18 bits per heavy atom. The number of hydrogen-bond acceptors (Lipinski definition) is 2. The Labute approximate surface area is 109 Å². The fourth-order valence-corrected chi connectivity index (χ4v) is 2.33. The van der Waals surface area contributed by atoms with Crippen molar-refractivity contribution in [2.45, 2.75) is 12.8 Å². The fourth-order valence-electron chi connectivity index (χ4n) is 1.97. The van der Waals surface area contributed by atoms with Crippen LogP contribution in [0, 0.1) is 0 Å². The summed E-state index contributed by atoms with van der Waals surface area (Å²) in [4.78, 5) is 3.29. The number of H-pyrrole nitrogens is 1. The second kappa shape index (κ2) is 6.19. The van der Waals surface area contributed by atoms with Crippen molar-refractivity contribution in [1.29, 1.82) is 0 Å². The summed E-state index contributed by atoms with van der Waals surface area (Å²) in [5.74, 6) is 0. The highest BCUT2D eigenvalue weighted by Gasteiger charge is 2.03. The number of aromatic amines is 1. The van der Waals surface area contributed by atoms with E-state index in [0.29, 0.717) is 6.54 Å². The van der Waals surface area contributed by atoms with E-state index in [1.165, 1.54) is 16.5 Å². The van der Waals surface area contributed by atoms with Crippen LogP contribution in [0.3, 0.4) is 0 Å². The Morgan fingerprint density at radius 3 is 3.00 bits per heavy atom. The minimum Gasteiger partial charge on any atom is -0.395 e. The molecule has 2 rings (SSSR count). The van der Waals surface area contributed by atoms with Crippen LogP contribution in [0.2, 0.25) is 0 Å². The molecule has 0 unspecified atom stereocenters. The van der Waals surface area contributed by atoms with Gasteiger partial charge in [0.15, 0.2) is 0 Å². The predicted octanol–water partition coefficient (Wildman–Crippen LogP) is 2.44. The zero-order chi connectivity index (χ0) is 12.1. The zero-order valence-electron chi connectivity index (χ0n) is 9.67. The van der Waals surface area contributed by atoms with E-state index in [9.17, 15) is 0 Å². The fraction of sp³-hybridized carbons (Fsp3) is 0.385. The monoisotopic (exact) mass is 296 g/mol. The number of halogens is 1. The lowest BCUT2D eigenvalue weighted by molar-refractivity contribution is 0.292. The van der Waals surface area contributed by atoms with Crippen molar-refractivity contribution in [2.24, 2.45) is 0 Å². The van der Waals surface area contributed by atoms with Crippen molar-refractivity contribution < 1.29 is 5.11 Å². The topological polar surface area (TPSA) is 48.0 Å². The summed E-state index contributed by atoms with van der Waals surface area (Å²) >= 11 is 3.50. The molecule has 0 aliphatic rings. The molecule has 2 aromatic rings. The molecular weight excluding hydrogens is 280 g/mol. The molecule has 0 aliphatic carbocycles. The molecule has 3 nitrogen and oxygen atoms in total. The largest absolute Gasteiger partial charge is 0.395 e. The Hall–Kier alpha value is -0.840. The number of benzene rings is 1. The predicted molar refractivity (Wildman–Crippen MR) is 74.3 cm³/mol. The number of aromatic nitrogens is 1. The highest BCUT2D eigenvalue weighted by atomic mass is 79.9. The number of hydrogen-bond donors (Lipinski definition) is 3. The van der Waals surface area contributed by atoms with E-state index in [1.807, 2.05) is 6.07 Å². The molecule has 0 saturated carbocycles. The molecule has 0 aliphatic heterocycles. The highest BCUT2D eigenvalue weighted by Crippen LogP contribution is 2.23. The van der Waals surface area contributed by atoms with Gasteiger partial charge in [0.1, 0.15) is 0 Å². The van der Waals surface area contributed by atoms with Gasteiger partial charge < -0.3 is 15.4 Å². The minimum atomic E-state index is 0.208. The molecule has 1 aromatic carbocycles. The lowest BCUT2D eigenvalue weighted by Crippen LogP contribution is -2.19. The van der Waals surface area contributed by atoms with Gasteiger partial charge in [-0.15, -0.1) is 0 Å². The maximum Gasteiger partial charge on any atom is 0.0555 e. The van der Waals surface area contributed by atoms with Gasteiger partial charge in [0.05, 0.1) is 6.61 Å². The van der Waals surface area contributed by atoms with Crippen LogP contribution in [-0.4, -0.2) is 29.8 Å². The maximum absolute atomic E-state index is 8.65. The second-order valence-electron chi connectivity index (χ2n) is 4.08. The van der Waals surface area contributed by atoms with Gasteiger partial charge in [-0.1, -0.05) is 15.9 Å². The first-order valence-corrected chi connectivity index (χ1v) is 6.67. The van der Waals surface area contributed by atoms with Gasteiger partial charge in [0.2, 0.25) is 0 Å². The van der Waals surface area contributed by atoms with Crippen molar-refractivity contribution in [3.8, 4) is 0 Å². The SMILES string of the molecule is OCCNCCCc1c[nH]c2ccc(Br)cc12. The summed E-state index contributed by atoms with van der Waals surface area (Å²) in [5, 5.41) is 13.1. The Kier molecular flexibility index (Phi) is 4.59. The number of aliphatic hydroxyl groups excluding tert-OH is 1. The first kappa shape index (κ1) is 12.6. The molecule has 92 valence electrons. The number of aryl methyl sites for hydroxylation is 1. The van der Waals surface area contributed by atoms with E-state index in [0.717, 1.165) is 23.9 Å². The van der Waals surface area contributed by atoms with Crippen molar-refractivity contribution in [1.82, 2.24) is 10.3 Å². The molecule has 0 fully saturated rings. The van der Waals surface area contributed by atoms with Crippen LogP contribution in [0.5, 0.6) is 0 Å². The summed E-state index contributed by atoms with van der Waals surface area (Å²) in [7, 11) is 0. The summed E-state index contributed by atoms with van der Waals surface area (Å²) in [6, 6.07) is 6.29. The normalized spacial score (nSPS) is 11.2. The summed E-state index contributed by atoms with van der Waals surface area (Å²) < 4.78 is 1.12. The third kappa shape index (κ3) is 3.31. The summed E-state index contributed by atoms with van der Waals surface area (Å²) in [5.41, 5.74) is 2.54. The summed E-state index contributed by atoms with van der Waals surface area (Å²) in [6.45, 7) is 1.83. The van der Waals surface area contributed by atoms with E-state index >= 15 is 0 Å². The average Bonchev–Trinajstić information content (AvgIpc) is 2.72. The Balaban J connectivity index is 1.96. The van der Waals surface area contributed by atoms with Crippen LogP contribution in [0.4, 0.5) is 0 Å². The van der Waals surface area contributed by atoms with Crippen LogP contribution in [0.25, 0.3) is 10.9 Å². The van der Waals surface area contributed by atoms with Crippen molar-refractivity contribution in [2.75, 3.05) is 19.7 Å². The number of rotatable bonds is 6. The lowest BCUT2D eigenvalue weighted by atomic mass is 10.1. The number of aliphatic hydroxyl groups is 1. The van der Waals surface area contributed by atoms with Gasteiger partial charge >= 0.3 is 0 Å². The van der Waals surface area contributed by atoms with Crippen LogP contribution in [-0.2, 0) is 6.42 Å². The van der Waals surface area contributed by atoms with Crippen molar-refractivity contribution in [3.63, 3.8) is 0 Å². The van der Waals surface area contributed by atoms with E-state index in [4.69, 9.17) is 5.11 Å². The molecule has 0 atom stereocenters. The zero-order valence-corrected chi connectivity index (χ0v) is 11.3. The minimum absolute atomic E-state index is 0.208. The van der Waals surface area contributed by atoms with E-state index < -0.39 is 0 Å². The summed E-state index contributed by atoms with van der Waals surface area (Å²) in [6.07, 6.45) is 4.22. The lowest BCUT2D eigenvalue weighted by Gasteiger charge is -2.02. The van der Waals surface area contributed by atoms with Crippen LogP contribution < -0.4 is 5.32 Å². The molecule has 0 radical (unpaired) electrons. The second-order valence-corrected chi connectivity index (χ2v) is 5.00. The molecule has 0 amide bonds. The first-order chi connectivity index (χ1) is 8.31. The molecule has 0 bridgehead atoms.